The van der Waals surface area contributed by atoms with Crippen LogP contribution in [-0.4, -0.2) is 47.4 Å². The molecule has 1 atom stereocenters. The number of fused-ring (bicyclic) bond motifs is 1. The smallest absolute Gasteiger partial charge is 0.410 e. The van der Waals surface area contributed by atoms with E-state index >= 15 is 0 Å². The van der Waals surface area contributed by atoms with E-state index in [2.05, 4.69) is 6.07 Å². The molecule has 1 N–H and O–H groups in total. The van der Waals surface area contributed by atoms with Crippen molar-refractivity contribution < 1.29 is 24.2 Å². The van der Waals surface area contributed by atoms with Gasteiger partial charge in [-0.2, -0.15) is 5.26 Å². The van der Waals surface area contributed by atoms with Crippen LogP contribution in [0.15, 0.2) is 60.7 Å². The molecule has 0 aromatic heterocycles. The van der Waals surface area contributed by atoms with Crippen molar-refractivity contribution in [3.63, 3.8) is 0 Å². The van der Waals surface area contributed by atoms with Crippen molar-refractivity contribution in [3.05, 3.63) is 77.4 Å². The lowest BCUT2D eigenvalue weighted by Crippen LogP contribution is -2.42. The van der Waals surface area contributed by atoms with Gasteiger partial charge in [-0.05, 0) is 92.1 Å². The Hall–Kier alpha value is -4.05. The molecular weight excluding hydrogens is 480 g/mol. The number of amides is 1. The van der Waals surface area contributed by atoms with Gasteiger partial charge in [0, 0.05) is 13.1 Å². The largest absolute Gasteiger partial charge is 0.493 e. The highest BCUT2D eigenvalue weighted by Gasteiger charge is 2.27. The Morgan fingerprint density at radius 3 is 2.34 bits per heavy atom. The van der Waals surface area contributed by atoms with Gasteiger partial charge >= 0.3 is 12.1 Å². The van der Waals surface area contributed by atoms with E-state index in [1.54, 1.807) is 11.0 Å². The summed E-state index contributed by atoms with van der Waals surface area (Å²) in [7, 11) is 0. The standard InChI is InChI=1S/C31H34N2O5/c1-31(2,3)38-30(36)33-14-12-21(13-15-33)20-37-27-10-8-25(9-11-27)28(29(34)35)18-22-4-6-24-7-5-23(19-32)17-26(24)16-22/h4-11,16-17,21,28H,12-15,18,20H2,1-3H3,(H,34,35). The van der Waals surface area contributed by atoms with Gasteiger partial charge in [-0.1, -0.05) is 36.4 Å². The normalized spacial score (nSPS) is 15.1. The molecule has 1 aliphatic rings. The first-order valence-electron chi connectivity index (χ1n) is 13.0. The van der Waals surface area contributed by atoms with Crippen LogP contribution in [0.4, 0.5) is 4.79 Å². The number of nitriles is 1. The summed E-state index contributed by atoms with van der Waals surface area (Å²) in [6, 6.07) is 20.8. The summed E-state index contributed by atoms with van der Waals surface area (Å²) in [5, 5.41) is 21.0. The van der Waals surface area contributed by atoms with E-state index in [0.717, 1.165) is 29.2 Å². The fourth-order valence-electron chi connectivity index (χ4n) is 4.70. The van der Waals surface area contributed by atoms with Gasteiger partial charge in [0.2, 0.25) is 0 Å². The highest BCUT2D eigenvalue weighted by molar-refractivity contribution is 5.85. The van der Waals surface area contributed by atoms with Crippen LogP contribution in [0, 0.1) is 17.2 Å². The summed E-state index contributed by atoms with van der Waals surface area (Å²) < 4.78 is 11.5. The number of rotatable bonds is 7. The minimum absolute atomic E-state index is 0.268. The first-order valence-corrected chi connectivity index (χ1v) is 13.0. The molecule has 3 aromatic rings. The van der Waals surface area contributed by atoms with E-state index in [-0.39, 0.29) is 6.09 Å². The van der Waals surface area contributed by atoms with Gasteiger partial charge < -0.3 is 19.5 Å². The summed E-state index contributed by atoms with van der Waals surface area (Å²) in [5.74, 6) is -0.545. The Morgan fingerprint density at radius 1 is 1.03 bits per heavy atom. The number of carboxylic acid groups (broad SMARTS) is 1. The molecule has 38 heavy (non-hydrogen) atoms. The zero-order valence-electron chi connectivity index (χ0n) is 22.1. The molecule has 1 heterocycles. The molecule has 198 valence electrons. The van der Waals surface area contributed by atoms with Crippen LogP contribution in [0.1, 0.15) is 56.2 Å². The van der Waals surface area contributed by atoms with E-state index in [9.17, 15) is 20.0 Å². The number of ether oxygens (including phenoxy) is 2. The second-order valence-electron chi connectivity index (χ2n) is 10.9. The number of carbonyl (C=O) groups excluding carboxylic acids is 1. The molecular formula is C31H34N2O5. The zero-order chi connectivity index (χ0) is 27.3. The second kappa shape index (κ2) is 11.6. The fraction of sp³-hybridized carbons (Fsp3) is 0.387. The first kappa shape index (κ1) is 27.0. The maximum Gasteiger partial charge on any atom is 0.410 e. The van der Waals surface area contributed by atoms with Gasteiger partial charge in [-0.25, -0.2) is 4.79 Å². The number of carboxylic acids is 1. The molecule has 1 fully saturated rings. The number of nitrogens with zero attached hydrogens (tertiary/aromatic N) is 2. The number of likely N-dealkylation sites (tertiary alicyclic amines) is 1. The molecule has 4 rings (SSSR count). The SMILES string of the molecule is CC(C)(C)OC(=O)N1CCC(COc2ccc(C(Cc3ccc4ccc(C#N)cc4c3)C(=O)O)cc2)CC1. The predicted octanol–water partition coefficient (Wildman–Crippen LogP) is 6.15. The average molecular weight is 515 g/mol. The molecule has 0 radical (unpaired) electrons. The molecule has 3 aromatic carbocycles. The number of carbonyl (C=O) groups is 2. The maximum absolute atomic E-state index is 12.3. The number of hydrogen-bond donors (Lipinski definition) is 1. The molecule has 0 bridgehead atoms. The van der Waals surface area contributed by atoms with Crippen molar-refractivity contribution >= 4 is 22.8 Å². The molecule has 1 unspecified atom stereocenters. The Balaban J connectivity index is 1.33. The van der Waals surface area contributed by atoms with Crippen molar-refractivity contribution in [1.82, 2.24) is 4.90 Å². The number of piperidine rings is 1. The highest BCUT2D eigenvalue weighted by atomic mass is 16.6. The molecule has 7 heteroatoms. The first-order chi connectivity index (χ1) is 18.1. The Labute approximate surface area is 223 Å². The van der Waals surface area contributed by atoms with Crippen molar-refractivity contribution in [2.75, 3.05) is 19.7 Å². The van der Waals surface area contributed by atoms with Crippen molar-refractivity contribution in [2.24, 2.45) is 5.92 Å². The van der Waals surface area contributed by atoms with E-state index < -0.39 is 17.5 Å². The van der Waals surface area contributed by atoms with Gasteiger partial charge in [-0.3, -0.25) is 4.79 Å². The number of aliphatic carboxylic acids is 1. The summed E-state index contributed by atoms with van der Waals surface area (Å²) in [4.78, 5) is 26.1. The third kappa shape index (κ3) is 7.04. The topological polar surface area (TPSA) is 99.9 Å². The zero-order valence-corrected chi connectivity index (χ0v) is 22.1. The van der Waals surface area contributed by atoms with Gasteiger partial charge in [0.25, 0.3) is 0 Å². The molecule has 1 aliphatic heterocycles. The molecule has 1 amide bonds. The third-order valence-corrected chi connectivity index (χ3v) is 6.81. The number of hydrogen-bond acceptors (Lipinski definition) is 5. The van der Waals surface area contributed by atoms with Crippen LogP contribution in [0.3, 0.4) is 0 Å². The van der Waals surface area contributed by atoms with Gasteiger partial charge in [0.15, 0.2) is 0 Å². The predicted molar refractivity (Wildman–Crippen MR) is 145 cm³/mol. The van der Waals surface area contributed by atoms with E-state index in [0.29, 0.717) is 48.9 Å². The van der Waals surface area contributed by atoms with Crippen molar-refractivity contribution in [1.29, 1.82) is 5.26 Å². The van der Waals surface area contributed by atoms with E-state index in [4.69, 9.17) is 9.47 Å². The summed E-state index contributed by atoms with van der Waals surface area (Å²) in [5.41, 5.74) is 1.69. The van der Waals surface area contributed by atoms with Gasteiger partial charge in [0.05, 0.1) is 24.2 Å². The number of benzene rings is 3. The average Bonchev–Trinajstić information content (AvgIpc) is 2.89. The Morgan fingerprint density at radius 2 is 1.71 bits per heavy atom. The Bertz CT molecular complexity index is 1330. The summed E-state index contributed by atoms with van der Waals surface area (Å²) in [6.07, 6.45) is 1.77. The van der Waals surface area contributed by atoms with Crippen LogP contribution >= 0.6 is 0 Å². The molecule has 0 aliphatic carbocycles. The van der Waals surface area contributed by atoms with Crippen LogP contribution in [-0.2, 0) is 16.0 Å². The highest BCUT2D eigenvalue weighted by Crippen LogP contribution is 2.27. The molecule has 7 nitrogen and oxygen atoms in total. The lowest BCUT2D eigenvalue weighted by atomic mass is 9.91. The van der Waals surface area contributed by atoms with Gasteiger partial charge in [-0.15, -0.1) is 0 Å². The molecule has 0 spiro atoms. The van der Waals surface area contributed by atoms with Gasteiger partial charge in [0.1, 0.15) is 11.4 Å². The minimum atomic E-state index is -0.888. The summed E-state index contributed by atoms with van der Waals surface area (Å²) >= 11 is 0. The maximum atomic E-state index is 12.3. The monoisotopic (exact) mass is 514 g/mol. The van der Waals surface area contributed by atoms with Crippen LogP contribution in [0.5, 0.6) is 5.75 Å². The van der Waals surface area contributed by atoms with E-state index in [1.165, 1.54) is 0 Å². The Kier molecular flexibility index (Phi) is 8.21. The summed E-state index contributed by atoms with van der Waals surface area (Å²) in [6.45, 7) is 7.44. The van der Waals surface area contributed by atoms with E-state index in [1.807, 2.05) is 75.4 Å². The minimum Gasteiger partial charge on any atom is -0.493 e. The van der Waals surface area contributed by atoms with Crippen LogP contribution in [0.2, 0.25) is 0 Å². The van der Waals surface area contributed by atoms with Crippen LogP contribution < -0.4 is 4.74 Å². The van der Waals surface area contributed by atoms with Crippen molar-refractivity contribution in [2.45, 2.75) is 51.6 Å². The molecule has 0 saturated carbocycles. The second-order valence-corrected chi connectivity index (χ2v) is 10.9. The molecule has 1 saturated heterocycles. The third-order valence-electron chi connectivity index (χ3n) is 6.81. The van der Waals surface area contributed by atoms with Crippen molar-refractivity contribution in [3.8, 4) is 11.8 Å². The lowest BCUT2D eigenvalue weighted by Gasteiger charge is -2.33. The lowest BCUT2D eigenvalue weighted by molar-refractivity contribution is -0.138. The fourth-order valence-corrected chi connectivity index (χ4v) is 4.70. The quantitative estimate of drug-likeness (QED) is 0.406. The van der Waals surface area contributed by atoms with Crippen LogP contribution in [0.25, 0.3) is 10.8 Å².